The predicted molar refractivity (Wildman–Crippen MR) is 116 cm³/mol. The van der Waals surface area contributed by atoms with Gasteiger partial charge in [-0.3, -0.25) is 9.59 Å². The Morgan fingerprint density at radius 1 is 1.07 bits per heavy atom. The Kier molecular flexibility index (Phi) is 8.02. The van der Waals surface area contributed by atoms with Crippen molar-refractivity contribution in [2.24, 2.45) is 0 Å². The van der Waals surface area contributed by atoms with Crippen molar-refractivity contribution in [3.8, 4) is 0 Å². The minimum atomic E-state index is -0.398. The van der Waals surface area contributed by atoms with E-state index in [9.17, 15) is 14.4 Å². The summed E-state index contributed by atoms with van der Waals surface area (Å²) < 4.78 is 10.4. The summed E-state index contributed by atoms with van der Waals surface area (Å²) in [5.74, 6) is -1.09. The highest BCUT2D eigenvalue weighted by atomic mass is 32.1. The molecular formula is C23H27NO5S. The minimum absolute atomic E-state index is 0.0109. The smallest absolute Gasteiger partial charge is 0.341 e. The molecule has 0 spiro atoms. The van der Waals surface area contributed by atoms with Gasteiger partial charge in [0, 0.05) is 11.3 Å². The average molecular weight is 430 g/mol. The molecule has 0 aliphatic heterocycles. The number of hydrogen-bond donors (Lipinski definition) is 1. The highest BCUT2D eigenvalue weighted by Crippen LogP contribution is 2.39. The van der Waals surface area contributed by atoms with Gasteiger partial charge < -0.3 is 14.8 Å². The van der Waals surface area contributed by atoms with E-state index in [4.69, 9.17) is 9.47 Å². The van der Waals surface area contributed by atoms with Crippen LogP contribution in [0.15, 0.2) is 30.3 Å². The van der Waals surface area contributed by atoms with Gasteiger partial charge in [-0.25, -0.2) is 4.79 Å². The van der Waals surface area contributed by atoms with Crippen molar-refractivity contribution in [2.75, 3.05) is 18.5 Å². The zero-order valence-electron chi connectivity index (χ0n) is 17.2. The summed E-state index contributed by atoms with van der Waals surface area (Å²) in [4.78, 5) is 37.7. The second-order valence-corrected chi connectivity index (χ2v) is 8.24. The summed E-state index contributed by atoms with van der Waals surface area (Å²) in [6.07, 6.45) is 4.36. The van der Waals surface area contributed by atoms with Crippen LogP contribution in [0.25, 0.3) is 0 Å². The van der Waals surface area contributed by atoms with Crippen LogP contribution in [-0.4, -0.2) is 31.1 Å². The molecule has 30 heavy (non-hydrogen) atoms. The number of carbonyl (C=O) groups excluding carboxylic acids is 3. The SMILES string of the molecule is CCOC(=O)c1c(NC(=O)CCC(=O)OCCCc2ccccc2)sc2c1CCC2. The summed E-state index contributed by atoms with van der Waals surface area (Å²) in [6, 6.07) is 10.0. The lowest BCUT2D eigenvalue weighted by Gasteiger charge is -2.08. The van der Waals surface area contributed by atoms with E-state index in [-0.39, 0.29) is 25.4 Å². The Morgan fingerprint density at radius 2 is 1.87 bits per heavy atom. The van der Waals surface area contributed by atoms with Gasteiger partial charge in [-0.1, -0.05) is 30.3 Å². The van der Waals surface area contributed by atoms with E-state index in [0.717, 1.165) is 42.5 Å². The number of fused-ring (bicyclic) bond motifs is 1. The highest BCUT2D eigenvalue weighted by molar-refractivity contribution is 7.17. The molecule has 0 unspecified atom stereocenters. The van der Waals surface area contributed by atoms with Gasteiger partial charge in [-0.15, -0.1) is 11.3 Å². The Labute approximate surface area is 180 Å². The van der Waals surface area contributed by atoms with E-state index in [0.29, 0.717) is 17.2 Å². The van der Waals surface area contributed by atoms with Crippen LogP contribution in [0.4, 0.5) is 5.00 Å². The van der Waals surface area contributed by atoms with Crippen LogP contribution in [0.1, 0.15) is 59.0 Å². The number of thiophene rings is 1. The molecule has 0 saturated carbocycles. The predicted octanol–water partition coefficient (Wildman–Crippen LogP) is 4.31. The Bertz CT molecular complexity index is 890. The second-order valence-electron chi connectivity index (χ2n) is 7.14. The third kappa shape index (κ3) is 5.92. The molecule has 1 heterocycles. The number of benzene rings is 1. The first-order valence-electron chi connectivity index (χ1n) is 10.4. The normalized spacial score (nSPS) is 12.3. The average Bonchev–Trinajstić information content (AvgIpc) is 3.31. The molecular weight excluding hydrogens is 402 g/mol. The maximum absolute atomic E-state index is 12.3. The molecule has 1 aromatic carbocycles. The fraction of sp³-hybridized carbons (Fsp3) is 0.435. The lowest BCUT2D eigenvalue weighted by Crippen LogP contribution is -2.17. The van der Waals surface area contributed by atoms with Crippen LogP contribution in [0.5, 0.6) is 0 Å². The number of aryl methyl sites for hydroxylation is 2. The molecule has 160 valence electrons. The Morgan fingerprint density at radius 3 is 2.63 bits per heavy atom. The Hall–Kier alpha value is -2.67. The quantitative estimate of drug-likeness (QED) is 0.450. The van der Waals surface area contributed by atoms with Gasteiger partial charge >= 0.3 is 11.9 Å². The lowest BCUT2D eigenvalue weighted by molar-refractivity contribution is -0.144. The summed E-state index contributed by atoms with van der Waals surface area (Å²) >= 11 is 1.43. The fourth-order valence-electron chi connectivity index (χ4n) is 3.50. The van der Waals surface area contributed by atoms with E-state index in [2.05, 4.69) is 5.32 Å². The molecule has 0 fully saturated rings. The van der Waals surface area contributed by atoms with Crippen molar-refractivity contribution in [3.63, 3.8) is 0 Å². The zero-order valence-corrected chi connectivity index (χ0v) is 18.0. The summed E-state index contributed by atoms with van der Waals surface area (Å²) in [5.41, 5.74) is 2.67. The van der Waals surface area contributed by atoms with Gasteiger partial charge in [0.25, 0.3) is 0 Å². The number of esters is 2. The molecule has 6 nitrogen and oxygen atoms in total. The van der Waals surface area contributed by atoms with Gasteiger partial charge in [0.15, 0.2) is 0 Å². The number of amides is 1. The number of hydrogen-bond acceptors (Lipinski definition) is 6. The van der Waals surface area contributed by atoms with Crippen molar-refractivity contribution in [1.29, 1.82) is 0 Å². The molecule has 2 aromatic rings. The van der Waals surface area contributed by atoms with Crippen molar-refractivity contribution in [3.05, 3.63) is 51.9 Å². The minimum Gasteiger partial charge on any atom is -0.466 e. The molecule has 0 radical (unpaired) electrons. The van der Waals surface area contributed by atoms with Crippen LogP contribution in [0.2, 0.25) is 0 Å². The van der Waals surface area contributed by atoms with Crippen molar-refractivity contribution >= 4 is 34.2 Å². The van der Waals surface area contributed by atoms with E-state index in [1.807, 2.05) is 30.3 Å². The van der Waals surface area contributed by atoms with Crippen molar-refractivity contribution in [2.45, 2.75) is 51.9 Å². The van der Waals surface area contributed by atoms with E-state index < -0.39 is 11.9 Å². The molecule has 0 saturated heterocycles. The van der Waals surface area contributed by atoms with Gasteiger partial charge in [0.2, 0.25) is 5.91 Å². The van der Waals surface area contributed by atoms with Crippen molar-refractivity contribution < 1.29 is 23.9 Å². The number of nitrogens with one attached hydrogen (secondary N) is 1. The first-order chi connectivity index (χ1) is 14.6. The number of anilines is 1. The van der Waals surface area contributed by atoms with Crippen LogP contribution in [-0.2, 0) is 38.3 Å². The molecule has 1 aliphatic rings. The van der Waals surface area contributed by atoms with E-state index in [1.54, 1.807) is 6.92 Å². The maximum atomic E-state index is 12.3. The van der Waals surface area contributed by atoms with Crippen LogP contribution in [0.3, 0.4) is 0 Å². The largest absolute Gasteiger partial charge is 0.466 e. The van der Waals surface area contributed by atoms with Gasteiger partial charge in [-0.2, -0.15) is 0 Å². The van der Waals surface area contributed by atoms with Gasteiger partial charge in [0.1, 0.15) is 5.00 Å². The molecule has 0 bridgehead atoms. The first-order valence-corrected chi connectivity index (χ1v) is 11.2. The number of ether oxygens (including phenoxy) is 2. The second kappa shape index (κ2) is 10.9. The summed E-state index contributed by atoms with van der Waals surface area (Å²) in [7, 11) is 0. The molecule has 7 heteroatoms. The highest BCUT2D eigenvalue weighted by Gasteiger charge is 2.28. The number of rotatable bonds is 10. The topological polar surface area (TPSA) is 81.7 Å². The van der Waals surface area contributed by atoms with Crippen molar-refractivity contribution in [1.82, 2.24) is 0 Å². The lowest BCUT2D eigenvalue weighted by atomic mass is 10.1. The van der Waals surface area contributed by atoms with Crippen LogP contribution in [0, 0.1) is 0 Å². The molecule has 1 N–H and O–H groups in total. The summed E-state index contributed by atoms with van der Waals surface area (Å²) in [5, 5.41) is 3.32. The van der Waals surface area contributed by atoms with E-state index in [1.165, 1.54) is 16.9 Å². The fourth-order valence-corrected chi connectivity index (χ4v) is 4.79. The molecule has 1 aromatic heterocycles. The molecule has 1 aliphatic carbocycles. The van der Waals surface area contributed by atoms with Crippen LogP contribution >= 0.6 is 11.3 Å². The monoisotopic (exact) mass is 429 g/mol. The third-order valence-corrected chi connectivity index (χ3v) is 6.13. The standard InChI is InChI=1S/C23H27NO5S/c1-2-28-23(27)21-17-11-6-12-18(17)30-22(21)24-19(25)13-14-20(26)29-15-7-10-16-8-4-3-5-9-16/h3-5,8-9H,2,6-7,10-15H2,1H3,(H,24,25). The molecule has 1 amide bonds. The van der Waals surface area contributed by atoms with Gasteiger partial charge in [-0.05, 0) is 50.2 Å². The zero-order chi connectivity index (χ0) is 21.3. The maximum Gasteiger partial charge on any atom is 0.341 e. The van der Waals surface area contributed by atoms with Crippen LogP contribution < -0.4 is 5.32 Å². The van der Waals surface area contributed by atoms with E-state index >= 15 is 0 Å². The summed E-state index contributed by atoms with van der Waals surface area (Å²) in [6.45, 7) is 2.38. The molecule has 3 rings (SSSR count). The number of carbonyl (C=O) groups is 3. The van der Waals surface area contributed by atoms with Gasteiger partial charge in [0.05, 0.1) is 25.2 Å². The first kappa shape index (κ1) is 22.0. The molecule has 0 atom stereocenters. The Balaban J connectivity index is 1.43. The third-order valence-electron chi connectivity index (χ3n) is 4.93.